The molecule has 1 aromatic heterocycles. The first-order valence-corrected chi connectivity index (χ1v) is 20.1. The molecule has 8 atom stereocenters. The van der Waals surface area contributed by atoms with Crippen molar-refractivity contribution in [2.75, 3.05) is 6.54 Å². The fourth-order valence-corrected chi connectivity index (χ4v) is 13.0. The lowest BCUT2D eigenvalue weighted by atomic mass is 9.36. The summed E-state index contributed by atoms with van der Waals surface area (Å²) in [6.45, 7) is 22.7. The van der Waals surface area contributed by atoms with Gasteiger partial charge in [0.05, 0.1) is 11.8 Å². The zero-order chi connectivity index (χ0) is 37.4. The number of hydrogen-bond donors (Lipinski definition) is 2. The summed E-state index contributed by atoms with van der Waals surface area (Å²) < 4.78 is 6.17. The number of esters is 1. The van der Waals surface area contributed by atoms with Crippen molar-refractivity contribution in [3.8, 4) is 0 Å². The van der Waals surface area contributed by atoms with Gasteiger partial charge in [-0.1, -0.05) is 53.2 Å². The minimum atomic E-state index is -1.14. The number of rotatable bonds is 10. The third-order valence-electron chi connectivity index (χ3n) is 15.7. The Morgan fingerprint density at radius 2 is 1.69 bits per heavy atom. The molecule has 0 bridgehead atoms. The zero-order valence-electron chi connectivity index (χ0n) is 33.3. The van der Waals surface area contributed by atoms with Gasteiger partial charge in [-0.05, 0) is 150 Å². The minimum Gasteiger partial charge on any atom is -0.481 e. The van der Waals surface area contributed by atoms with Gasteiger partial charge in [0.1, 0.15) is 6.10 Å². The maximum atomic E-state index is 14.0. The summed E-state index contributed by atoms with van der Waals surface area (Å²) in [5, 5.41) is 13.5. The van der Waals surface area contributed by atoms with Crippen LogP contribution in [0.3, 0.4) is 0 Å². The van der Waals surface area contributed by atoms with Gasteiger partial charge in [-0.3, -0.25) is 19.4 Å². The van der Waals surface area contributed by atoms with Crippen LogP contribution in [0.1, 0.15) is 145 Å². The largest absolute Gasteiger partial charge is 0.481 e. The lowest BCUT2D eigenvalue weighted by Gasteiger charge is -2.69. The number of ether oxygens (including phenoxy) is 1. The Morgan fingerprint density at radius 1 is 0.980 bits per heavy atom. The van der Waals surface area contributed by atoms with Gasteiger partial charge >= 0.3 is 11.9 Å². The van der Waals surface area contributed by atoms with Crippen molar-refractivity contribution < 1.29 is 24.2 Å². The topological polar surface area (TPSA) is 106 Å². The highest BCUT2D eigenvalue weighted by Crippen LogP contribution is 2.73. The Labute approximate surface area is 307 Å². The van der Waals surface area contributed by atoms with Gasteiger partial charge in [0.15, 0.2) is 5.78 Å². The van der Waals surface area contributed by atoms with Crippen molar-refractivity contribution in [2.45, 2.75) is 152 Å². The first-order chi connectivity index (χ1) is 23.7. The number of pyridine rings is 1. The van der Waals surface area contributed by atoms with Crippen molar-refractivity contribution in [3.05, 3.63) is 41.2 Å². The molecular formula is C44H66N2O5. The lowest BCUT2D eigenvalue weighted by Crippen LogP contribution is -2.63. The van der Waals surface area contributed by atoms with Crippen molar-refractivity contribution in [2.24, 2.45) is 56.7 Å². The van der Waals surface area contributed by atoms with Crippen molar-refractivity contribution in [1.29, 1.82) is 0 Å². The van der Waals surface area contributed by atoms with Crippen molar-refractivity contribution in [1.82, 2.24) is 10.3 Å². The number of nitrogens with one attached hydrogen (secondary N) is 1. The first kappa shape index (κ1) is 38.2. The van der Waals surface area contributed by atoms with Gasteiger partial charge in [0.25, 0.3) is 0 Å². The van der Waals surface area contributed by atoms with E-state index in [2.05, 4.69) is 71.8 Å². The van der Waals surface area contributed by atoms with Crippen LogP contribution in [0.15, 0.2) is 35.7 Å². The molecule has 0 radical (unpaired) electrons. The predicted octanol–water partition coefficient (Wildman–Crippen LogP) is 9.30. The number of aromatic nitrogens is 1. The number of fused-ring (bicyclic) bond motifs is 7. The van der Waals surface area contributed by atoms with Crippen LogP contribution in [-0.4, -0.2) is 40.5 Å². The van der Waals surface area contributed by atoms with Gasteiger partial charge in [0, 0.05) is 35.2 Å². The van der Waals surface area contributed by atoms with Crippen LogP contribution in [0.25, 0.3) is 0 Å². The fourth-order valence-electron chi connectivity index (χ4n) is 13.0. The zero-order valence-corrected chi connectivity index (χ0v) is 33.3. The molecule has 4 fully saturated rings. The maximum absolute atomic E-state index is 14.0. The maximum Gasteiger partial charge on any atom is 0.309 e. The van der Waals surface area contributed by atoms with Gasteiger partial charge in [-0.15, -0.1) is 0 Å². The highest BCUT2D eigenvalue weighted by atomic mass is 16.5. The van der Waals surface area contributed by atoms with Crippen LogP contribution >= 0.6 is 0 Å². The highest BCUT2D eigenvalue weighted by Gasteiger charge is 2.66. The molecule has 1 heterocycles. The number of aliphatic carboxylic acids is 1. The summed E-state index contributed by atoms with van der Waals surface area (Å²) >= 11 is 0. The quantitative estimate of drug-likeness (QED) is 0.234. The SMILES string of the molecule is CC(C)C1=C2C3CCC4C(C)(CCC5C(C)(C)C(OC(=O)CC(C)(C)C(=O)O)CCC54C)C3CCC2(CCNC(C)(C)c2cccnc2)CC1=O. The van der Waals surface area contributed by atoms with Crippen LogP contribution < -0.4 is 5.32 Å². The van der Waals surface area contributed by atoms with E-state index in [1.165, 1.54) is 24.8 Å². The number of Topliss-reactive ketones (excluding diaryl/α,β-unsaturated/α-hetero) is 1. The molecule has 282 valence electrons. The summed E-state index contributed by atoms with van der Waals surface area (Å²) in [5.74, 6) is 1.33. The second-order valence-corrected chi connectivity index (χ2v) is 20.1. The van der Waals surface area contributed by atoms with E-state index in [9.17, 15) is 19.5 Å². The standard InChI is InChI=1S/C44H66N2O5/c1-27(2)36-31(47)24-44(21-23-46-41(7,8)28-12-11-22-45-26-28)20-15-30-29(37(36)44)13-14-33-42(30,9)18-16-32-40(5,6)34(17-19-43(32,33)10)51-35(48)25-39(3,4)38(49)50/h11-12,22,26-27,29-30,32-34,46H,13-21,23-25H2,1-10H3,(H,49,50). The molecule has 7 heteroatoms. The van der Waals surface area contributed by atoms with E-state index >= 15 is 0 Å². The first-order valence-electron chi connectivity index (χ1n) is 20.1. The van der Waals surface area contributed by atoms with Gasteiger partial charge in [-0.25, -0.2) is 0 Å². The molecule has 8 unspecified atom stereocenters. The lowest BCUT2D eigenvalue weighted by molar-refractivity contribution is -0.213. The van der Waals surface area contributed by atoms with Gasteiger partial charge in [0.2, 0.25) is 0 Å². The predicted molar refractivity (Wildman–Crippen MR) is 201 cm³/mol. The molecule has 0 saturated heterocycles. The molecule has 5 aliphatic rings. The van der Waals surface area contributed by atoms with E-state index in [4.69, 9.17) is 4.74 Å². The average molecular weight is 703 g/mol. The molecule has 0 aliphatic heterocycles. The molecular weight excluding hydrogens is 636 g/mol. The Hall–Kier alpha value is -2.54. The summed E-state index contributed by atoms with van der Waals surface area (Å²) in [6, 6.07) is 4.14. The van der Waals surface area contributed by atoms with Crippen LogP contribution in [0.2, 0.25) is 0 Å². The van der Waals surface area contributed by atoms with Gasteiger partial charge in [-0.2, -0.15) is 0 Å². The van der Waals surface area contributed by atoms with E-state index in [-0.39, 0.29) is 45.6 Å². The smallest absolute Gasteiger partial charge is 0.309 e. The number of allylic oxidation sites excluding steroid dienone is 2. The van der Waals surface area contributed by atoms with E-state index < -0.39 is 17.4 Å². The molecule has 1 aromatic rings. The van der Waals surface area contributed by atoms with Crippen LogP contribution in [0.5, 0.6) is 0 Å². The van der Waals surface area contributed by atoms with Gasteiger partial charge < -0.3 is 15.2 Å². The summed E-state index contributed by atoms with van der Waals surface area (Å²) in [6.07, 6.45) is 13.9. The van der Waals surface area contributed by atoms with E-state index in [0.717, 1.165) is 50.6 Å². The molecule has 6 rings (SSSR count). The Bertz CT molecular complexity index is 1560. The molecule has 0 spiro atoms. The second-order valence-electron chi connectivity index (χ2n) is 20.1. The van der Waals surface area contributed by atoms with Crippen LogP contribution in [0.4, 0.5) is 0 Å². The molecule has 7 nitrogen and oxygen atoms in total. The number of nitrogens with zero attached hydrogens (tertiary/aromatic N) is 1. The van der Waals surface area contributed by atoms with E-state index in [0.29, 0.717) is 35.9 Å². The minimum absolute atomic E-state index is 0.0424. The third kappa shape index (κ3) is 6.33. The summed E-state index contributed by atoms with van der Waals surface area (Å²) in [4.78, 5) is 43.1. The molecule has 51 heavy (non-hydrogen) atoms. The number of ketones is 1. The number of hydrogen-bond acceptors (Lipinski definition) is 6. The normalized spacial score (nSPS) is 36.2. The molecule has 0 amide bonds. The van der Waals surface area contributed by atoms with Crippen LogP contribution in [-0.2, 0) is 24.7 Å². The molecule has 4 saturated carbocycles. The fraction of sp³-hybridized carbons (Fsp3) is 0.773. The Kier molecular flexibility index (Phi) is 9.80. The molecule has 0 aromatic carbocycles. The number of carboxylic acid groups (broad SMARTS) is 1. The summed E-state index contributed by atoms with van der Waals surface area (Å²) in [5.41, 5.74) is 2.65. The third-order valence-corrected chi connectivity index (χ3v) is 15.7. The van der Waals surface area contributed by atoms with Crippen molar-refractivity contribution in [3.63, 3.8) is 0 Å². The number of carbonyl (C=O) groups is 3. The second kappa shape index (κ2) is 13.1. The Balaban J connectivity index is 1.23. The number of carboxylic acids is 1. The van der Waals surface area contributed by atoms with E-state index in [1.54, 1.807) is 19.4 Å². The Morgan fingerprint density at radius 3 is 2.33 bits per heavy atom. The molecule has 2 N–H and O–H groups in total. The van der Waals surface area contributed by atoms with Crippen LogP contribution in [0, 0.1) is 56.7 Å². The summed E-state index contributed by atoms with van der Waals surface area (Å²) in [7, 11) is 0. The van der Waals surface area contributed by atoms with Crippen molar-refractivity contribution >= 4 is 17.7 Å². The monoisotopic (exact) mass is 702 g/mol. The highest BCUT2D eigenvalue weighted by molar-refractivity contribution is 6.00. The molecule has 5 aliphatic carbocycles. The average Bonchev–Trinajstić information content (AvgIpc) is 3.34. The number of carbonyl (C=O) groups excluding carboxylic acids is 2. The van der Waals surface area contributed by atoms with E-state index in [1.807, 2.05) is 18.5 Å².